The fourth-order valence-electron chi connectivity index (χ4n) is 1.99. The molecule has 1 aromatic heterocycles. The van der Waals surface area contributed by atoms with Crippen LogP contribution in [0.2, 0.25) is 5.02 Å². The molecule has 2 aromatic rings. The first-order chi connectivity index (χ1) is 9.60. The van der Waals surface area contributed by atoms with Crippen molar-refractivity contribution in [2.24, 2.45) is 0 Å². The third-order valence-electron chi connectivity index (χ3n) is 2.91. The summed E-state index contributed by atoms with van der Waals surface area (Å²) in [7, 11) is 0. The number of ether oxygens (including phenoxy) is 1. The first kappa shape index (κ1) is 14.7. The van der Waals surface area contributed by atoms with Crippen LogP contribution in [0.25, 0.3) is 0 Å². The Bertz CT molecular complexity index is 576. The number of pyridine rings is 1. The molecule has 2 rings (SSSR count). The van der Waals surface area contributed by atoms with Crippen molar-refractivity contribution < 1.29 is 4.74 Å². The molecule has 0 unspecified atom stereocenters. The fourth-order valence-corrected chi connectivity index (χ4v) is 2.31. The number of hydrogen-bond acceptors (Lipinski definition) is 3. The third-order valence-corrected chi connectivity index (χ3v) is 3.13. The third kappa shape index (κ3) is 3.64. The molecule has 0 bridgehead atoms. The van der Waals surface area contributed by atoms with Gasteiger partial charge in [0.1, 0.15) is 11.6 Å². The molecule has 1 heterocycles. The van der Waals surface area contributed by atoms with Crippen molar-refractivity contribution in [2.75, 3.05) is 11.9 Å². The molecule has 106 valence electrons. The second-order valence-corrected chi connectivity index (χ2v) is 5.20. The molecule has 0 radical (unpaired) electrons. The first-order valence-corrected chi connectivity index (χ1v) is 7.13. The van der Waals surface area contributed by atoms with Crippen molar-refractivity contribution in [3.63, 3.8) is 0 Å². The Morgan fingerprint density at radius 1 is 1.20 bits per heavy atom. The molecular weight excluding hydrogens is 272 g/mol. The highest BCUT2D eigenvalue weighted by Crippen LogP contribution is 2.30. The van der Waals surface area contributed by atoms with Gasteiger partial charge in [0.25, 0.3) is 0 Å². The Kier molecular flexibility index (Phi) is 4.85. The zero-order chi connectivity index (χ0) is 14.5. The first-order valence-electron chi connectivity index (χ1n) is 6.75. The van der Waals surface area contributed by atoms with Gasteiger partial charge in [-0.2, -0.15) is 4.98 Å². The van der Waals surface area contributed by atoms with Crippen LogP contribution in [0.3, 0.4) is 0 Å². The molecular formula is C16H19ClN2O. The zero-order valence-electron chi connectivity index (χ0n) is 12.0. The minimum Gasteiger partial charge on any atom is -0.438 e. The van der Waals surface area contributed by atoms with E-state index in [-0.39, 0.29) is 0 Å². The second kappa shape index (κ2) is 6.62. The topological polar surface area (TPSA) is 34.1 Å². The number of benzene rings is 1. The van der Waals surface area contributed by atoms with E-state index in [4.69, 9.17) is 16.3 Å². The number of hydrogen-bond donors (Lipinski definition) is 1. The molecule has 3 nitrogen and oxygen atoms in total. The van der Waals surface area contributed by atoms with Gasteiger partial charge in [-0.25, -0.2) is 0 Å². The molecule has 0 aliphatic rings. The van der Waals surface area contributed by atoms with Gasteiger partial charge in [0.15, 0.2) is 0 Å². The molecule has 0 aliphatic heterocycles. The van der Waals surface area contributed by atoms with Crippen LogP contribution >= 0.6 is 11.6 Å². The normalized spacial score (nSPS) is 10.4. The van der Waals surface area contributed by atoms with Gasteiger partial charge in [-0.1, -0.05) is 24.6 Å². The molecule has 4 heteroatoms. The van der Waals surface area contributed by atoms with Crippen molar-refractivity contribution in [1.82, 2.24) is 4.98 Å². The number of nitrogens with one attached hydrogen (secondary N) is 1. The van der Waals surface area contributed by atoms with E-state index < -0.39 is 0 Å². The maximum absolute atomic E-state index is 6.03. The van der Waals surface area contributed by atoms with Gasteiger partial charge in [0.05, 0.1) is 0 Å². The van der Waals surface area contributed by atoms with Crippen LogP contribution in [0, 0.1) is 13.8 Å². The van der Waals surface area contributed by atoms with Gasteiger partial charge in [0.2, 0.25) is 5.88 Å². The SMILES string of the molecule is CCCNc1cccc(Oc2c(C)cc(Cl)cc2C)n1. The van der Waals surface area contributed by atoms with Crippen molar-refractivity contribution in [2.45, 2.75) is 27.2 Å². The lowest BCUT2D eigenvalue weighted by Gasteiger charge is -2.12. The van der Waals surface area contributed by atoms with E-state index in [1.807, 2.05) is 44.2 Å². The van der Waals surface area contributed by atoms with E-state index in [9.17, 15) is 0 Å². The van der Waals surface area contributed by atoms with Crippen molar-refractivity contribution in [3.05, 3.63) is 46.5 Å². The summed E-state index contributed by atoms with van der Waals surface area (Å²) in [5, 5.41) is 3.97. The highest BCUT2D eigenvalue weighted by Gasteiger charge is 2.08. The number of aromatic nitrogens is 1. The Morgan fingerprint density at radius 2 is 1.90 bits per heavy atom. The molecule has 0 fully saturated rings. The van der Waals surface area contributed by atoms with Crippen molar-refractivity contribution >= 4 is 17.4 Å². The summed E-state index contributed by atoms with van der Waals surface area (Å²) < 4.78 is 5.91. The van der Waals surface area contributed by atoms with Crippen LogP contribution in [0.4, 0.5) is 5.82 Å². The summed E-state index contributed by atoms with van der Waals surface area (Å²) in [5.74, 6) is 2.22. The zero-order valence-corrected chi connectivity index (χ0v) is 12.8. The average Bonchev–Trinajstić information content (AvgIpc) is 2.41. The Morgan fingerprint density at radius 3 is 2.55 bits per heavy atom. The molecule has 0 saturated heterocycles. The maximum atomic E-state index is 6.03. The Balaban J connectivity index is 2.22. The van der Waals surface area contributed by atoms with Gasteiger partial charge in [-0.05, 0) is 49.6 Å². The standard InChI is InChI=1S/C16H19ClN2O/c1-4-8-18-14-6-5-7-15(19-14)20-16-11(2)9-13(17)10-12(16)3/h5-7,9-10H,4,8H2,1-3H3,(H,18,19). The summed E-state index contributed by atoms with van der Waals surface area (Å²) in [4.78, 5) is 4.44. The van der Waals surface area contributed by atoms with Gasteiger partial charge >= 0.3 is 0 Å². The Hall–Kier alpha value is -1.74. The molecule has 0 aliphatic carbocycles. The van der Waals surface area contributed by atoms with Crippen LogP contribution in [-0.2, 0) is 0 Å². The lowest BCUT2D eigenvalue weighted by molar-refractivity contribution is 0.456. The number of rotatable bonds is 5. The van der Waals surface area contributed by atoms with E-state index in [1.165, 1.54) is 0 Å². The monoisotopic (exact) mass is 290 g/mol. The van der Waals surface area contributed by atoms with Crippen LogP contribution in [0.15, 0.2) is 30.3 Å². The maximum Gasteiger partial charge on any atom is 0.221 e. The summed E-state index contributed by atoms with van der Waals surface area (Å²) in [6, 6.07) is 9.50. The van der Waals surface area contributed by atoms with Gasteiger partial charge in [0, 0.05) is 17.6 Å². The van der Waals surface area contributed by atoms with Gasteiger partial charge in [-0.3, -0.25) is 0 Å². The molecule has 0 atom stereocenters. The van der Waals surface area contributed by atoms with Gasteiger partial charge < -0.3 is 10.1 Å². The summed E-state index contributed by atoms with van der Waals surface area (Å²) in [5.41, 5.74) is 2.01. The van der Waals surface area contributed by atoms with E-state index >= 15 is 0 Å². The number of nitrogens with zero attached hydrogens (tertiary/aromatic N) is 1. The molecule has 20 heavy (non-hydrogen) atoms. The lowest BCUT2D eigenvalue weighted by Crippen LogP contribution is -2.02. The van der Waals surface area contributed by atoms with Crippen molar-refractivity contribution in [1.29, 1.82) is 0 Å². The van der Waals surface area contributed by atoms with Gasteiger partial charge in [-0.15, -0.1) is 0 Å². The summed E-state index contributed by atoms with van der Waals surface area (Å²) in [6.45, 7) is 6.98. The quantitative estimate of drug-likeness (QED) is 0.844. The largest absolute Gasteiger partial charge is 0.438 e. The van der Waals surface area contributed by atoms with E-state index in [0.29, 0.717) is 5.88 Å². The molecule has 1 N–H and O–H groups in total. The van der Waals surface area contributed by atoms with E-state index in [1.54, 1.807) is 0 Å². The van der Waals surface area contributed by atoms with Crippen LogP contribution < -0.4 is 10.1 Å². The summed E-state index contributed by atoms with van der Waals surface area (Å²) >= 11 is 6.03. The smallest absolute Gasteiger partial charge is 0.221 e. The van der Waals surface area contributed by atoms with Crippen LogP contribution in [0.1, 0.15) is 24.5 Å². The van der Waals surface area contributed by atoms with Crippen LogP contribution in [-0.4, -0.2) is 11.5 Å². The predicted octanol–water partition coefficient (Wildman–Crippen LogP) is 4.97. The molecule has 1 aromatic carbocycles. The number of halogens is 1. The molecule has 0 saturated carbocycles. The summed E-state index contributed by atoms with van der Waals surface area (Å²) in [6.07, 6.45) is 1.06. The fraction of sp³-hybridized carbons (Fsp3) is 0.312. The molecule has 0 amide bonds. The minimum atomic E-state index is 0.583. The molecule has 0 spiro atoms. The Labute approximate surface area is 124 Å². The lowest BCUT2D eigenvalue weighted by atomic mass is 10.1. The minimum absolute atomic E-state index is 0.583. The number of aryl methyl sites for hydroxylation is 2. The second-order valence-electron chi connectivity index (χ2n) is 4.76. The van der Waals surface area contributed by atoms with Crippen molar-refractivity contribution in [3.8, 4) is 11.6 Å². The predicted molar refractivity (Wildman–Crippen MR) is 84.0 cm³/mol. The number of anilines is 1. The van der Waals surface area contributed by atoms with E-state index in [2.05, 4.69) is 17.2 Å². The highest BCUT2D eigenvalue weighted by atomic mass is 35.5. The van der Waals surface area contributed by atoms with Crippen LogP contribution in [0.5, 0.6) is 11.6 Å². The average molecular weight is 291 g/mol. The van der Waals surface area contributed by atoms with E-state index in [0.717, 1.165) is 40.7 Å². The highest BCUT2D eigenvalue weighted by molar-refractivity contribution is 6.30.